The van der Waals surface area contributed by atoms with E-state index in [1.54, 1.807) is 0 Å². The van der Waals surface area contributed by atoms with Crippen LogP contribution in [0.3, 0.4) is 0 Å². The molecule has 0 heterocycles. The van der Waals surface area contributed by atoms with Gasteiger partial charge in [0, 0.05) is 67.7 Å². The standard InChI is InChI=1S/Cu.Mo.Si.V. The Morgan fingerprint density at radius 2 is 1.00 bits per heavy atom. The summed E-state index contributed by atoms with van der Waals surface area (Å²) in [5, 5.41) is 0. The zero-order valence-corrected chi connectivity index (χ0v) is 7.00. The molecule has 0 aromatic heterocycles. The summed E-state index contributed by atoms with van der Waals surface area (Å²) < 4.78 is 0. The number of hydrogen-bond acceptors (Lipinski definition) is 0. The van der Waals surface area contributed by atoms with E-state index in [0.29, 0.717) is 0 Å². The van der Waals surface area contributed by atoms with Gasteiger partial charge in [-0.05, 0) is 0 Å². The van der Waals surface area contributed by atoms with Crippen molar-refractivity contribution in [3.63, 3.8) is 0 Å². The normalized spacial score (nSPS) is 0. The summed E-state index contributed by atoms with van der Waals surface area (Å²) in [6, 6.07) is 0. The molecule has 0 aliphatic carbocycles. The molecule has 0 aromatic carbocycles. The van der Waals surface area contributed by atoms with E-state index in [2.05, 4.69) is 0 Å². The van der Waals surface area contributed by atoms with E-state index in [1.165, 1.54) is 0 Å². The summed E-state index contributed by atoms with van der Waals surface area (Å²) >= 11 is 0. The van der Waals surface area contributed by atoms with Crippen LogP contribution in [0.1, 0.15) is 0 Å². The van der Waals surface area contributed by atoms with Crippen molar-refractivity contribution in [2.75, 3.05) is 0 Å². The smallest absolute Gasteiger partial charge is 0 e. The van der Waals surface area contributed by atoms with Gasteiger partial charge in [-0.15, -0.1) is 0 Å². The molecule has 0 aliphatic heterocycles. The molecule has 0 saturated heterocycles. The van der Waals surface area contributed by atoms with Crippen molar-refractivity contribution in [1.82, 2.24) is 0 Å². The molecule has 6 radical (unpaired) electrons. The van der Waals surface area contributed by atoms with Crippen LogP contribution in [0.5, 0.6) is 0 Å². The van der Waals surface area contributed by atoms with Crippen LogP contribution in [0.15, 0.2) is 0 Å². The average Bonchev–Trinajstić information content (AvgIpc) is 0. The van der Waals surface area contributed by atoms with Gasteiger partial charge >= 0.3 is 0 Å². The first-order valence-corrected chi connectivity index (χ1v) is 0. The fourth-order valence-electron chi connectivity index (χ4n) is 0. The molecular weight excluding hydrogens is 239 g/mol. The van der Waals surface area contributed by atoms with Gasteiger partial charge in [-0.3, -0.25) is 0 Å². The first-order valence-electron chi connectivity index (χ1n) is 0. The van der Waals surface area contributed by atoms with Gasteiger partial charge < -0.3 is 0 Å². The summed E-state index contributed by atoms with van der Waals surface area (Å²) in [5.74, 6) is 0. The molecule has 0 unspecified atom stereocenters. The molecule has 0 aromatic rings. The molecule has 0 bridgehead atoms. The van der Waals surface area contributed by atoms with E-state index in [1.807, 2.05) is 0 Å². The summed E-state index contributed by atoms with van der Waals surface area (Å²) in [6.07, 6.45) is 0. The zero-order chi connectivity index (χ0) is 0. The molecule has 4 heteroatoms. The molecule has 0 amide bonds. The van der Waals surface area contributed by atoms with Crippen molar-refractivity contribution in [3.05, 3.63) is 0 Å². The van der Waals surface area contributed by atoms with Gasteiger partial charge in [0.25, 0.3) is 0 Å². The third kappa shape index (κ3) is 8.99. The van der Waals surface area contributed by atoms with Crippen LogP contribution in [0.4, 0.5) is 0 Å². The second-order valence-electron chi connectivity index (χ2n) is 0. The van der Waals surface area contributed by atoms with Crippen LogP contribution in [-0.4, -0.2) is 11.0 Å². The topological polar surface area (TPSA) is 0 Å². The van der Waals surface area contributed by atoms with E-state index in [4.69, 9.17) is 0 Å². The Morgan fingerprint density at radius 1 is 1.00 bits per heavy atom. The number of rotatable bonds is 0. The minimum absolute atomic E-state index is 0. The van der Waals surface area contributed by atoms with Crippen LogP contribution in [0.25, 0.3) is 0 Å². The fourth-order valence-corrected chi connectivity index (χ4v) is 0. The van der Waals surface area contributed by atoms with Crippen molar-refractivity contribution < 1.29 is 56.7 Å². The second kappa shape index (κ2) is 19.9. The van der Waals surface area contributed by atoms with Gasteiger partial charge in [-0.25, -0.2) is 0 Å². The summed E-state index contributed by atoms with van der Waals surface area (Å²) in [6.45, 7) is 0. The average molecular weight is 239 g/mol. The van der Waals surface area contributed by atoms with E-state index >= 15 is 0 Å². The Balaban J connectivity index is 0. The SMILES string of the molecule is [Cu].[Mo].[Si].[V]. The Bertz CT molecular complexity index is 8.00. The van der Waals surface area contributed by atoms with Crippen LogP contribution >= 0.6 is 0 Å². The Morgan fingerprint density at radius 3 is 1.00 bits per heavy atom. The molecule has 0 aliphatic rings. The van der Waals surface area contributed by atoms with Crippen LogP contribution < -0.4 is 0 Å². The summed E-state index contributed by atoms with van der Waals surface area (Å²) in [7, 11) is 0. The zero-order valence-electron chi connectivity index (χ0n) is 1.66. The maximum Gasteiger partial charge on any atom is 0 e. The molecule has 0 N–H and O–H groups in total. The summed E-state index contributed by atoms with van der Waals surface area (Å²) in [5.41, 5.74) is 0. The van der Waals surface area contributed by atoms with Gasteiger partial charge in [0.05, 0.1) is 0 Å². The van der Waals surface area contributed by atoms with Crippen molar-refractivity contribution >= 4 is 11.0 Å². The molecule has 0 atom stereocenters. The molecule has 26 valence electrons. The molecule has 0 spiro atoms. The van der Waals surface area contributed by atoms with Crippen molar-refractivity contribution in [1.29, 1.82) is 0 Å². The molecule has 0 nitrogen and oxygen atoms in total. The van der Waals surface area contributed by atoms with Gasteiger partial charge in [0.2, 0.25) is 0 Å². The first-order chi connectivity index (χ1) is 0. The predicted octanol–water partition coefficient (Wildman–Crippen LogP) is -0.388. The van der Waals surface area contributed by atoms with Gasteiger partial charge in [-0.1, -0.05) is 0 Å². The molecule has 4 heavy (non-hydrogen) atoms. The molecular formula is CuMoSiV. The maximum atomic E-state index is 0. The quantitative estimate of drug-likeness (QED) is 0.505. The maximum absolute atomic E-state index is 0. The van der Waals surface area contributed by atoms with E-state index < -0.39 is 0 Å². The van der Waals surface area contributed by atoms with Gasteiger partial charge in [-0.2, -0.15) is 0 Å². The van der Waals surface area contributed by atoms with Crippen molar-refractivity contribution in [2.24, 2.45) is 0 Å². The first kappa shape index (κ1) is 37.4. The predicted molar refractivity (Wildman–Crippen MR) is 5.75 cm³/mol. The Hall–Kier alpha value is 2.01. The van der Waals surface area contributed by atoms with E-state index in [9.17, 15) is 0 Å². The monoisotopic (exact) mass is 240 g/mol. The van der Waals surface area contributed by atoms with Gasteiger partial charge in [0.15, 0.2) is 0 Å². The molecule has 0 rings (SSSR count). The van der Waals surface area contributed by atoms with E-state index in [-0.39, 0.29) is 67.7 Å². The minimum atomic E-state index is 0. The molecule has 0 saturated carbocycles. The number of hydrogen-bond donors (Lipinski definition) is 0. The Labute approximate surface area is 67.1 Å². The van der Waals surface area contributed by atoms with Crippen LogP contribution in [-0.2, 0) is 56.7 Å². The second-order valence-corrected chi connectivity index (χ2v) is 0. The Kier molecular flexibility index (Phi) is 186. The minimum Gasteiger partial charge on any atom is 0 e. The third-order valence-corrected chi connectivity index (χ3v) is 0. The van der Waals surface area contributed by atoms with E-state index in [0.717, 1.165) is 0 Å². The van der Waals surface area contributed by atoms with Crippen molar-refractivity contribution in [3.8, 4) is 0 Å². The molecule has 0 fully saturated rings. The van der Waals surface area contributed by atoms with Crippen LogP contribution in [0, 0.1) is 0 Å². The van der Waals surface area contributed by atoms with Crippen molar-refractivity contribution in [2.45, 2.75) is 0 Å². The summed E-state index contributed by atoms with van der Waals surface area (Å²) in [4.78, 5) is 0. The van der Waals surface area contributed by atoms with Crippen LogP contribution in [0.2, 0.25) is 0 Å². The largest absolute Gasteiger partial charge is 0 e. The third-order valence-electron chi connectivity index (χ3n) is 0. The van der Waals surface area contributed by atoms with Gasteiger partial charge in [0.1, 0.15) is 0 Å². The fraction of sp³-hybridized carbons (Fsp3) is 0.